The van der Waals surface area contributed by atoms with E-state index in [2.05, 4.69) is 15.1 Å². The van der Waals surface area contributed by atoms with Crippen LogP contribution < -0.4 is 5.73 Å². The molecule has 2 heterocycles. The lowest BCUT2D eigenvalue weighted by Gasteiger charge is -2.09. The summed E-state index contributed by atoms with van der Waals surface area (Å²) < 4.78 is 40.0. The second-order valence-corrected chi connectivity index (χ2v) is 7.24. The maximum absolute atomic E-state index is 12.9. The molecule has 0 aliphatic carbocycles. The van der Waals surface area contributed by atoms with Crippen LogP contribution in [-0.4, -0.2) is 26.0 Å². The summed E-state index contributed by atoms with van der Waals surface area (Å²) in [6.07, 6.45) is -2.55. The first-order chi connectivity index (χ1) is 13.8. The number of nitrogens with zero attached hydrogens (tertiary/aromatic N) is 4. The number of rotatable bonds is 3. The van der Waals surface area contributed by atoms with Crippen LogP contribution in [0.1, 0.15) is 11.1 Å². The van der Waals surface area contributed by atoms with Crippen LogP contribution in [0.3, 0.4) is 0 Å². The van der Waals surface area contributed by atoms with Crippen molar-refractivity contribution in [3.05, 3.63) is 59.7 Å². The van der Waals surface area contributed by atoms with Crippen LogP contribution in [0.25, 0.3) is 28.0 Å². The SMILES string of the molecule is CSc1nc(-c2cccc(C)c2)c2c(N)n(-c3ccc(C(F)(F)F)cc3)nc2n1. The van der Waals surface area contributed by atoms with Gasteiger partial charge in [-0.25, -0.2) is 14.6 Å². The smallest absolute Gasteiger partial charge is 0.383 e. The van der Waals surface area contributed by atoms with Gasteiger partial charge in [0.25, 0.3) is 0 Å². The van der Waals surface area contributed by atoms with E-state index in [0.717, 1.165) is 23.3 Å². The van der Waals surface area contributed by atoms with Crippen molar-refractivity contribution in [1.29, 1.82) is 0 Å². The highest BCUT2D eigenvalue weighted by molar-refractivity contribution is 7.98. The van der Waals surface area contributed by atoms with Gasteiger partial charge in [0.1, 0.15) is 5.82 Å². The van der Waals surface area contributed by atoms with Crippen LogP contribution in [0.4, 0.5) is 19.0 Å². The molecule has 5 nitrogen and oxygen atoms in total. The Balaban J connectivity index is 1.92. The maximum atomic E-state index is 12.9. The summed E-state index contributed by atoms with van der Waals surface area (Å²) in [6, 6.07) is 12.5. The number of nitrogens with two attached hydrogens (primary N) is 1. The molecule has 4 rings (SSSR count). The minimum Gasteiger partial charge on any atom is -0.383 e. The lowest BCUT2D eigenvalue weighted by atomic mass is 10.1. The van der Waals surface area contributed by atoms with Crippen LogP contribution in [-0.2, 0) is 6.18 Å². The molecule has 4 aromatic rings. The lowest BCUT2D eigenvalue weighted by Crippen LogP contribution is -2.06. The van der Waals surface area contributed by atoms with Gasteiger partial charge in [0, 0.05) is 5.56 Å². The van der Waals surface area contributed by atoms with E-state index >= 15 is 0 Å². The molecule has 0 amide bonds. The lowest BCUT2D eigenvalue weighted by molar-refractivity contribution is -0.137. The summed E-state index contributed by atoms with van der Waals surface area (Å²) in [5.41, 5.74) is 8.99. The molecule has 0 atom stereocenters. The van der Waals surface area contributed by atoms with Crippen LogP contribution in [0.2, 0.25) is 0 Å². The number of alkyl halides is 3. The number of benzene rings is 2. The first-order valence-electron chi connectivity index (χ1n) is 8.63. The standard InChI is InChI=1S/C20H16F3N5S/c1-11-4-3-5-12(10-11)16-15-17(24)28(27-18(15)26-19(25-16)29-2)14-8-6-13(7-9-14)20(21,22)23/h3-10H,24H2,1-2H3. The highest BCUT2D eigenvalue weighted by atomic mass is 32.2. The molecule has 0 unspecified atom stereocenters. The Labute approximate surface area is 168 Å². The molecule has 0 saturated carbocycles. The normalized spacial score (nSPS) is 11.9. The molecule has 2 N–H and O–H groups in total. The Kier molecular flexibility index (Phi) is 4.70. The monoisotopic (exact) mass is 415 g/mol. The Hall–Kier alpha value is -3.07. The molecular weight excluding hydrogens is 399 g/mol. The fourth-order valence-corrected chi connectivity index (χ4v) is 3.43. The van der Waals surface area contributed by atoms with Crippen LogP contribution in [0.5, 0.6) is 0 Å². The van der Waals surface area contributed by atoms with Gasteiger partial charge in [-0.2, -0.15) is 13.2 Å². The average Bonchev–Trinajstić information content (AvgIpc) is 3.03. The van der Waals surface area contributed by atoms with E-state index in [-0.39, 0.29) is 5.82 Å². The molecule has 0 aliphatic rings. The van der Waals surface area contributed by atoms with Gasteiger partial charge in [-0.3, -0.25) is 0 Å². The second kappa shape index (κ2) is 7.07. The van der Waals surface area contributed by atoms with Crippen molar-refractivity contribution in [1.82, 2.24) is 19.7 Å². The van der Waals surface area contributed by atoms with Crippen molar-refractivity contribution in [2.75, 3.05) is 12.0 Å². The van der Waals surface area contributed by atoms with Crippen molar-refractivity contribution in [3.8, 4) is 16.9 Å². The Morgan fingerprint density at radius 1 is 1.03 bits per heavy atom. The largest absolute Gasteiger partial charge is 0.416 e. The van der Waals surface area contributed by atoms with E-state index in [0.29, 0.717) is 27.6 Å². The molecule has 2 aromatic carbocycles. The van der Waals surface area contributed by atoms with Crippen molar-refractivity contribution < 1.29 is 13.2 Å². The summed E-state index contributed by atoms with van der Waals surface area (Å²) in [7, 11) is 0. The molecule has 2 aromatic heterocycles. The van der Waals surface area contributed by atoms with Crippen LogP contribution in [0, 0.1) is 6.92 Å². The van der Waals surface area contributed by atoms with Gasteiger partial charge in [-0.05, 0) is 43.5 Å². The van der Waals surface area contributed by atoms with Gasteiger partial charge >= 0.3 is 6.18 Å². The van der Waals surface area contributed by atoms with E-state index < -0.39 is 11.7 Å². The number of hydrogen-bond acceptors (Lipinski definition) is 5. The summed E-state index contributed by atoms with van der Waals surface area (Å²) in [5, 5.41) is 5.53. The number of halogens is 3. The van der Waals surface area contributed by atoms with Gasteiger partial charge in [0.2, 0.25) is 0 Å². The molecule has 0 radical (unpaired) electrons. The van der Waals surface area contributed by atoms with E-state index in [4.69, 9.17) is 5.73 Å². The van der Waals surface area contributed by atoms with Crippen LogP contribution in [0.15, 0.2) is 53.7 Å². The Morgan fingerprint density at radius 3 is 2.38 bits per heavy atom. The van der Waals surface area contributed by atoms with Gasteiger partial charge < -0.3 is 5.73 Å². The summed E-state index contributed by atoms with van der Waals surface area (Å²) >= 11 is 1.37. The average molecular weight is 415 g/mol. The fraction of sp³-hybridized carbons (Fsp3) is 0.150. The van der Waals surface area contributed by atoms with Crippen LogP contribution >= 0.6 is 11.8 Å². The van der Waals surface area contributed by atoms with Crippen molar-refractivity contribution in [3.63, 3.8) is 0 Å². The van der Waals surface area contributed by atoms with E-state index in [1.165, 1.54) is 28.6 Å². The second-order valence-electron chi connectivity index (χ2n) is 6.47. The van der Waals surface area contributed by atoms with Gasteiger partial charge in [-0.15, -0.1) is 5.10 Å². The third kappa shape index (κ3) is 3.53. The minimum absolute atomic E-state index is 0.268. The number of hydrogen-bond donors (Lipinski definition) is 1. The van der Waals surface area contributed by atoms with Crippen molar-refractivity contribution in [2.24, 2.45) is 0 Å². The topological polar surface area (TPSA) is 69.6 Å². The quantitative estimate of drug-likeness (QED) is 0.372. The molecule has 9 heteroatoms. The zero-order valence-corrected chi connectivity index (χ0v) is 16.3. The molecule has 0 saturated heterocycles. The highest BCUT2D eigenvalue weighted by Crippen LogP contribution is 2.34. The number of aryl methyl sites for hydroxylation is 1. The Morgan fingerprint density at radius 2 is 1.76 bits per heavy atom. The van der Waals surface area contributed by atoms with Gasteiger partial charge in [0.15, 0.2) is 10.8 Å². The summed E-state index contributed by atoms with van der Waals surface area (Å²) in [5.74, 6) is 0.268. The fourth-order valence-electron chi connectivity index (χ4n) is 3.07. The zero-order chi connectivity index (χ0) is 20.8. The molecule has 0 aliphatic heterocycles. The number of thioether (sulfide) groups is 1. The van der Waals surface area contributed by atoms with Crippen molar-refractivity contribution >= 4 is 28.6 Å². The van der Waals surface area contributed by atoms with E-state index in [1.54, 1.807) is 0 Å². The number of fused-ring (bicyclic) bond motifs is 1. The summed E-state index contributed by atoms with van der Waals surface area (Å²) in [4.78, 5) is 9.04. The first kappa shape index (κ1) is 19.3. The van der Waals surface area contributed by atoms with E-state index in [9.17, 15) is 13.2 Å². The number of anilines is 1. The third-order valence-electron chi connectivity index (χ3n) is 4.46. The number of nitrogen functional groups attached to an aromatic ring is 1. The Bertz CT molecular complexity index is 1200. The predicted octanol–water partition coefficient (Wildman–Crippen LogP) is 5.11. The molecule has 148 valence electrons. The molecular formula is C20H16F3N5S. The minimum atomic E-state index is -4.41. The summed E-state index contributed by atoms with van der Waals surface area (Å²) in [6.45, 7) is 1.98. The molecule has 0 fully saturated rings. The third-order valence-corrected chi connectivity index (χ3v) is 5.01. The highest BCUT2D eigenvalue weighted by Gasteiger charge is 2.30. The maximum Gasteiger partial charge on any atom is 0.416 e. The zero-order valence-electron chi connectivity index (χ0n) is 15.5. The molecule has 0 bridgehead atoms. The van der Waals surface area contributed by atoms with E-state index in [1.807, 2.05) is 37.4 Å². The molecule has 0 spiro atoms. The van der Waals surface area contributed by atoms with Gasteiger partial charge in [0.05, 0.1) is 22.3 Å². The van der Waals surface area contributed by atoms with Gasteiger partial charge in [-0.1, -0.05) is 35.5 Å². The molecule has 29 heavy (non-hydrogen) atoms. The predicted molar refractivity (Wildman–Crippen MR) is 108 cm³/mol. The number of aromatic nitrogens is 4. The first-order valence-corrected chi connectivity index (χ1v) is 9.85. The van der Waals surface area contributed by atoms with Crippen molar-refractivity contribution in [2.45, 2.75) is 18.3 Å².